The Kier molecular flexibility index (Phi) is 12.7. The van der Waals surface area contributed by atoms with Gasteiger partial charge in [0, 0.05) is 12.5 Å². The zero-order valence-corrected chi connectivity index (χ0v) is 28.8. The van der Waals surface area contributed by atoms with E-state index in [1.54, 1.807) is 18.2 Å². The van der Waals surface area contributed by atoms with E-state index in [1.165, 1.54) is 32.9 Å². The number of carbonyl (C=O) groups is 3. The van der Waals surface area contributed by atoms with Gasteiger partial charge in [-0.3, -0.25) is 9.59 Å². The normalized spacial score (nSPS) is 24.6. The largest absolute Gasteiger partial charge is 0.463 e. The molecule has 268 valence electrons. The van der Waals surface area contributed by atoms with Crippen molar-refractivity contribution in [2.75, 3.05) is 19.0 Å². The van der Waals surface area contributed by atoms with Crippen molar-refractivity contribution in [1.29, 1.82) is 0 Å². The van der Waals surface area contributed by atoms with Crippen LogP contribution in [0.1, 0.15) is 38.2 Å². The zero-order chi connectivity index (χ0) is 35.7. The fourth-order valence-electron chi connectivity index (χ4n) is 5.61. The number of esters is 1. The first-order valence-corrected chi connectivity index (χ1v) is 18.0. The minimum atomic E-state index is -3.66. The number of ether oxygens (including phenoxy) is 6. The number of fused-ring (bicyclic) bond motifs is 1. The molecule has 2 aliphatic heterocycles. The van der Waals surface area contributed by atoms with E-state index in [-0.39, 0.29) is 24.0 Å². The zero-order valence-electron chi connectivity index (χ0n) is 28.0. The average Bonchev–Trinajstić information content (AvgIpc) is 3.12. The third-order valence-electron chi connectivity index (χ3n) is 8.18. The number of amides is 2. The molecule has 2 fully saturated rings. The van der Waals surface area contributed by atoms with Crippen molar-refractivity contribution >= 4 is 27.6 Å². The van der Waals surface area contributed by atoms with E-state index in [1.807, 2.05) is 60.7 Å². The lowest BCUT2D eigenvalue weighted by Gasteiger charge is -2.49. The standard InChI is InChI=1S/C36H42N2O11S/c1-23(34(41)44-19-20-50(42,43)28-17-11-6-12-18-28)37-33(40)24(2)47-32-30(38-25(3)39)36(45-21-26-13-7-4-8-14-26)48-29-22-46-35(49-31(29)32)27-15-9-5-10-16-27/h4-18,23-24,29-32,35-36H,19-22H2,1-3H3,(H,37,40)(H,38,39)/t23-,24+,29+,30+,31+,32+,35+,36-/m0/s1. The van der Waals surface area contributed by atoms with Crippen molar-refractivity contribution in [3.63, 3.8) is 0 Å². The van der Waals surface area contributed by atoms with Crippen molar-refractivity contribution in [1.82, 2.24) is 10.6 Å². The average molecular weight is 711 g/mol. The first-order valence-electron chi connectivity index (χ1n) is 16.3. The molecule has 8 atom stereocenters. The molecule has 2 amide bonds. The lowest BCUT2D eigenvalue weighted by Crippen LogP contribution is -2.68. The summed E-state index contributed by atoms with van der Waals surface area (Å²) in [7, 11) is -3.66. The van der Waals surface area contributed by atoms with Gasteiger partial charge >= 0.3 is 5.97 Å². The minimum Gasteiger partial charge on any atom is -0.463 e. The maximum Gasteiger partial charge on any atom is 0.328 e. The maximum atomic E-state index is 13.4. The van der Waals surface area contributed by atoms with Crippen molar-refractivity contribution in [3.05, 3.63) is 102 Å². The molecule has 0 aliphatic carbocycles. The summed E-state index contributed by atoms with van der Waals surface area (Å²) in [6.07, 6.45) is -5.35. The SMILES string of the molecule is CC(=O)N[C@H]1[C@@H](OCc2ccccc2)O[C@@H]2CO[C@@H](c3ccccc3)O[C@H]2[C@@H]1O[C@H](C)C(=O)N[C@@H](C)C(=O)OCCS(=O)(=O)c1ccccc1. The van der Waals surface area contributed by atoms with Crippen LogP contribution in [-0.4, -0.2) is 88.0 Å². The van der Waals surface area contributed by atoms with Crippen LogP contribution >= 0.6 is 0 Å². The molecule has 5 rings (SSSR count). The second-order valence-corrected chi connectivity index (χ2v) is 14.1. The quantitative estimate of drug-likeness (QED) is 0.237. The monoisotopic (exact) mass is 710 g/mol. The van der Waals surface area contributed by atoms with Crippen LogP contribution in [0.4, 0.5) is 0 Å². The van der Waals surface area contributed by atoms with Crippen molar-refractivity contribution in [3.8, 4) is 0 Å². The summed E-state index contributed by atoms with van der Waals surface area (Å²) >= 11 is 0. The summed E-state index contributed by atoms with van der Waals surface area (Å²) in [5.74, 6) is -2.26. The number of rotatable bonds is 14. The summed E-state index contributed by atoms with van der Waals surface area (Å²) in [6.45, 7) is 4.17. The van der Waals surface area contributed by atoms with E-state index in [4.69, 9.17) is 28.4 Å². The number of nitrogens with one attached hydrogen (secondary N) is 2. The second-order valence-electron chi connectivity index (χ2n) is 12.0. The van der Waals surface area contributed by atoms with Crippen LogP contribution in [0, 0.1) is 0 Å². The third-order valence-corrected chi connectivity index (χ3v) is 9.87. The van der Waals surface area contributed by atoms with Gasteiger partial charge in [0.2, 0.25) is 11.8 Å². The lowest BCUT2D eigenvalue weighted by molar-refractivity contribution is -0.351. The summed E-state index contributed by atoms with van der Waals surface area (Å²) in [4.78, 5) is 38.7. The molecule has 14 heteroatoms. The third kappa shape index (κ3) is 9.74. The van der Waals surface area contributed by atoms with Gasteiger partial charge in [0.05, 0.1) is 23.9 Å². The summed E-state index contributed by atoms with van der Waals surface area (Å²) in [6, 6.07) is 24.5. The Labute approximate surface area is 291 Å². The van der Waals surface area contributed by atoms with Crippen LogP contribution in [0.5, 0.6) is 0 Å². The molecule has 13 nitrogen and oxygen atoms in total. The highest BCUT2D eigenvalue weighted by molar-refractivity contribution is 7.91. The predicted molar refractivity (Wildman–Crippen MR) is 179 cm³/mol. The van der Waals surface area contributed by atoms with E-state index in [9.17, 15) is 22.8 Å². The fourth-order valence-corrected chi connectivity index (χ4v) is 6.72. The van der Waals surface area contributed by atoms with Crippen LogP contribution in [0.3, 0.4) is 0 Å². The van der Waals surface area contributed by atoms with Gasteiger partial charge < -0.3 is 39.1 Å². The van der Waals surface area contributed by atoms with Crippen LogP contribution in [0.2, 0.25) is 0 Å². The van der Waals surface area contributed by atoms with Crippen LogP contribution in [-0.2, 0) is 59.2 Å². The molecule has 0 aromatic heterocycles. The molecule has 0 spiro atoms. The van der Waals surface area contributed by atoms with Crippen molar-refractivity contribution < 1.29 is 51.2 Å². The summed E-state index contributed by atoms with van der Waals surface area (Å²) in [5.41, 5.74) is 1.64. The maximum absolute atomic E-state index is 13.4. The first-order chi connectivity index (χ1) is 24.0. The first kappa shape index (κ1) is 37.1. The van der Waals surface area contributed by atoms with E-state index in [0.717, 1.165) is 11.1 Å². The van der Waals surface area contributed by atoms with E-state index in [0.29, 0.717) is 0 Å². The molecule has 0 radical (unpaired) electrons. The Morgan fingerprint density at radius 2 is 1.54 bits per heavy atom. The molecule has 2 aliphatic rings. The van der Waals surface area contributed by atoms with Gasteiger partial charge in [-0.1, -0.05) is 78.9 Å². The van der Waals surface area contributed by atoms with Crippen LogP contribution in [0.25, 0.3) is 0 Å². The van der Waals surface area contributed by atoms with Crippen LogP contribution < -0.4 is 10.6 Å². The molecular weight excluding hydrogens is 668 g/mol. The van der Waals surface area contributed by atoms with Gasteiger partial charge in [-0.2, -0.15) is 0 Å². The summed E-state index contributed by atoms with van der Waals surface area (Å²) < 4.78 is 61.4. The second kappa shape index (κ2) is 17.2. The molecule has 2 N–H and O–H groups in total. The Bertz CT molecular complexity index is 1680. The molecule has 3 aromatic rings. The molecule has 2 heterocycles. The van der Waals surface area contributed by atoms with Gasteiger partial charge in [-0.05, 0) is 31.5 Å². The van der Waals surface area contributed by atoms with Gasteiger partial charge in [0.15, 0.2) is 22.4 Å². The molecule has 2 saturated heterocycles. The smallest absolute Gasteiger partial charge is 0.328 e. The van der Waals surface area contributed by atoms with Crippen molar-refractivity contribution in [2.45, 2.75) is 81.4 Å². The number of benzene rings is 3. The Balaban J connectivity index is 1.27. The minimum absolute atomic E-state index is 0.117. The number of sulfone groups is 1. The van der Waals surface area contributed by atoms with Crippen LogP contribution in [0.15, 0.2) is 95.9 Å². The topological polar surface area (TPSA) is 165 Å². The predicted octanol–water partition coefficient (Wildman–Crippen LogP) is 2.84. The summed E-state index contributed by atoms with van der Waals surface area (Å²) in [5, 5.41) is 5.43. The molecular formula is C36H42N2O11S. The van der Waals surface area contributed by atoms with E-state index in [2.05, 4.69) is 10.6 Å². The number of hydrogen-bond acceptors (Lipinski definition) is 11. The van der Waals surface area contributed by atoms with E-state index < -0.39 is 83.2 Å². The van der Waals surface area contributed by atoms with E-state index >= 15 is 0 Å². The van der Waals surface area contributed by atoms with Gasteiger partial charge in [-0.15, -0.1) is 0 Å². The highest BCUT2D eigenvalue weighted by atomic mass is 32.2. The molecule has 0 saturated carbocycles. The Hall–Kier alpha value is -4.18. The van der Waals surface area contributed by atoms with Gasteiger partial charge in [0.25, 0.3) is 0 Å². The van der Waals surface area contributed by atoms with Gasteiger partial charge in [-0.25, -0.2) is 13.2 Å². The highest BCUT2D eigenvalue weighted by Crippen LogP contribution is 2.36. The molecule has 50 heavy (non-hydrogen) atoms. The molecule has 0 bridgehead atoms. The van der Waals surface area contributed by atoms with Gasteiger partial charge in [0.1, 0.15) is 43.1 Å². The number of carbonyl (C=O) groups excluding carboxylic acids is 3. The molecule has 3 aromatic carbocycles. The Morgan fingerprint density at radius 3 is 2.20 bits per heavy atom. The Morgan fingerprint density at radius 1 is 0.900 bits per heavy atom. The lowest BCUT2D eigenvalue weighted by atomic mass is 9.95. The van der Waals surface area contributed by atoms with Crippen molar-refractivity contribution in [2.24, 2.45) is 0 Å². The fraction of sp³-hybridized carbons (Fsp3) is 0.417. The highest BCUT2D eigenvalue weighted by Gasteiger charge is 2.52. The number of hydrogen-bond donors (Lipinski definition) is 2. The molecule has 0 unspecified atom stereocenters.